The van der Waals surface area contributed by atoms with Gasteiger partial charge in [-0.15, -0.1) is 0 Å². The molecule has 1 atom stereocenters. The minimum atomic E-state index is -2.69. The van der Waals surface area contributed by atoms with Crippen LogP contribution in [0.3, 0.4) is 0 Å². The molecule has 0 bridgehead atoms. The van der Waals surface area contributed by atoms with Crippen LogP contribution in [-0.4, -0.2) is 28.9 Å². The van der Waals surface area contributed by atoms with E-state index in [0.717, 1.165) is 0 Å². The molecule has 1 rings (SSSR count). The summed E-state index contributed by atoms with van der Waals surface area (Å²) in [6, 6.07) is -1.01. The summed E-state index contributed by atoms with van der Waals surface area (Å²) in [6.07, 6.45) is -0.401. The highest BCUT2D eigenvalue weighted by Gasteiger charge is 2.39. The Morgan fingerprint density at radius 2 is 1.74 bits per heavy atom. The van der Waals surface area contributed by atoms with E-state index in [1.807, 2.05) is 0 Å². The molecule has 4 nitrogen and oxygen atoms in total. The van der Waals surface area contributed by atoms with E-state index in [1.165, 1.54) is 0 Å². The van der Waals surface area contributed by atoms with Gasteiger partial charge in [-0.3, -0.25) is 4.79 Å². The van der Waals surface area contributed by atoms with Gasteiger partial charge < -0.3 is 10.4 Å². The van der Waals surface area contributed by atoms with Crippen LogP contribution in [0.15, 0.2) is 0 Å². The van der Waals surface area contributed by atoms with Crippen molar-refractivity contribution in [1.82, 2.24) is 5.32 Å². The van der Waals surface area contributed by atoms with E-state index in [-0.39, 0.29) is 25.7 Å². The Kier molecular flexibility index (Phi) is 4.53. The summed E-state index contributed by atoms with van der Waals surface area (Å²) >= 11 is 0. The van der Waals surface area contributed by atoms with Crippen LogP contribution in [-0.2, 0) is 9.59 Å². The van der Waals surface area contributed by atoms with Crippen molar-refractivity contribution in [2.45, 2.75) is 58.4 Å². The maximum absolute atomic E-state index is 13.0. The summed E-state index contributed by atoms with van der Waals surface area (Å²) in [5, 5.41) is 11.6. The molecule has 0 aromatic rings. The van der Waals surface area contributed by atoms with Crippen molar-refractivity contribution in [2.75, 3.05) is 0 Å². The van der Waals surface area contributed by atoms with E-state index in [4.69, 9.17) is 5.11 Å². The first-order valence-corrected chi connectivity index (χ1v) is 6.44. The molecule has 110 valence electrons. The van der Waals surface area contributed by atoms with Gasteiger partial charge in [0, 0.05) is 18.8 Å². The topological polar surface area (TPSA) is 66.4 Å². The lowest BCUT2D eigenvalue weighted by molar-refractivity contribution is -0.146. The number of carboxylic acids is 1. The molecule has 0 spiro atoms. The van der Waals surface area contributed by atoms with Crippen molar-refractivity contribution in [2.24, 2.45) is 11.3 Å². The number of amides is 1. The molecular weight excluding hydrogens is 256 g/mol. The first-order valence-electron chi connectivity index (χ1n) is 6.44. The van der Waals surface area contributed by atoms with Gasteiger partial charge in [-0.2, -0.15) is 0 Å². The molecule has 1 saturated carbocycles. The molecule has 19 heavy (non-hydrogen) atoms. The van der Waals surface area contributed by atoms with Crippen LogP contribution in [0.1, 0.15) is 46.5 Å². The maximum atomic E-state index is 13.0. The third-order valence-electron chi connectivity index (χ3n) is 3.49. The Morgan fingerprint density at radius 1 is 1.26 bits per heavy atom. The Balaban J connectivity index is 2.62. The number of carbonyl (C=O) groups excluding carboxylic acids is 1. The minimum absolute atomic E-state index is 0.106. The first kappa shape index (κ1) is 15.9. The second-order valence-electron chi connectivity index (χ2n) is 6.28. The van der Waals surface area contributed by atoms with Gasteiger partial charge >= 0.3 is 5.97 Å². The smallest absolute Gasteiger partial charge is 0.326 e. The molecule has 1 aliphatic carbocycles. The number of rotatable bonds is 3. The van der Waals surface area contributed by atoms with E-state index in [1.54, 1.807) is 20.8 Å². The number of nitrogens with one attached hydrogen (secondary N) is 1. The molecule has 1 unspecified atom stereocenters. The molecule has 1 aliphatic rings. The summed E-state index contributed by atoms with van der Waals surface area (Å²) in [7, 11) is 0. The van der Waals surface area contributed by atoms with Crippen LogP contribution in [0.5, 0.6) is 0 Å². The monoisotopic (exact) mass is 277 g/mol. The fraction of sp³-hybridized carbons (Fsp3) is 0.846. The lowest BCUT2D eigenvalue weighted by Gasteiger charge is -2.32. The van der Waals surface area contributed by atoms with Crippen LogP contribution < -0.4 is 5.32 Å². The van der Waals surface area contributed by atoms with Crippen molar-refractivity contribution in [3.8, 4) is 0 Å². The van der Waals surface area contributed by atoms with E-state index < -0.39 is 35.2 Å². The molecule has 6 heteroatoms. The van der Waals surface area contributed by atoms with E-state index in [9.17, 15) is 18.4 Å². The van der Waals surface area contributed by atoms with E-state index in [0.29, 0.717) is 0 Å². The summed E-state index contributed by atoms with van der Waals surface area (Å²) in [6.45, 7) is 5.13. The Labute approximate surface area is 111 Å². The summed E-state index contributed by atoms with van der Waals surface area (Å²) in [5.74, 6) is -4.74. The maximum Gasteiger partial charge on any atom is 0.326 e. The fourth-order valence-corrected chi connectivity index (χ4v) is 2.21. The Hall–Kier alpha value is -1.20. The molecule has 0 saturated heterocycles. The molecule has 2 N–H and O–H groups in total. The average Bonchev–Trinajstić information content (AvgIpc) is 2.23. The zero-order valence-corrected chi connectivity index (χ0v) is 11.5. The van der Waals surface area contributed by atoms with Crippen LogP contribution in [0.2, 0.25) is 0 Å². The van der Waals surface area contributed by atoms with Crippen LogP contribution in [0.4, 0.5) is 8.78 Å². The number of carbonyl (C=O) groups is 2. The Morgan fingerprint density at radius 3 is 2.11 bits per heavy atom. The number of aliphatic carboxylic acids is 1. The van der Waals surface area contributed by atoms with Gasteiger partial charge in [-0.05, 0) is 18.3 Å². The summed E-state index contributed by atoms with van der Waals surface area (Å²) < 4.78 is 26.0. The zero-order valence-electron chi connectivity index (χ0n) is 11.5. The predicted molar refractivity (Wildman–Crippen MR) is 65.9 cm³/mol. The van der Waals surface area contributed by atoms with Crippen molar-refractivity contribution in [1.29, 1.82) is 0 Å². The number of halogens is 2. The quantitative estimate of drug-likeness (QED) is 0.832. The van der Waals surface area contributed by atoms with Crippen molar-refractivity contribution >= 4 is 11.9 Å². The molecule has 0 aliphatic heterocycles. The van der Waals surface area contributed by atoms with Crippen LogP contribution in [0, 0.1) is 11.3 Å². The highest BCUT2D eigenvalue weighted by molar-refractivity contribution is 5.85. The standard InChI is InChI=1S/C13H21F2NO3/c1-12(2,3)9(11(18)19)16-10(17)8-4-6-13(14,15)7-5-8/h8-9H,4-7H2,1-3H3,(H,16,17)(H,18,19). The van der Waals surface area contributed by atoms with Gasteiger partial charge in [0.15, 0.2) is 0 Å². The minimum Gasteiger partial charge on any atom is -0.480 e. The third kappa shape index (κ3) is 4.44. The number of alkyl halides is 2. The second-order valence-corrected chi connectivity index (χ2v) is 6.28. The first-order chi connectivity index (χ1) is 8.53. The zero-order chi connectivity index (χ0) is 14.8. The van der Waals surface area contributed by atoms with Crippen molar-refractivity contribution in [3.05, 3.63) is 0 Å². The van der Waals surface area contributed by atoms with E-state index in [2.05, 4.69) is 5.32 Å². The highest BCUT2D eigenvalue weighted by atomic mass is 19.3. The highest BCUT2D eigenvalue weighted by Crippen LogP contribution is 2.36. The van der Waals surface area contributed by atoms with Gasteiger partial charge in [-0.1, -0.05) is 20.8 Å². The molecule has 1 fully saturated rings. The van der Waals surface area contributed by atoms with Gasteiger partial charge in [0.1, 0.15) is 6.04 Å². The molecule has 0 aromatic heterocycles. The van der Waals surface area contributed by atoms with Gasteiger partial charge in [0.05, 0.1) is 0 Å². The van der Waals surface area contributed by atoms with Crippen molar-refractivity contribution in [3.63, 3.8) is 0 Å². The lowest BCUT2D eigenvalue weighted by Crippen LogP contribution is -2.51. The second kappa shape index (κ2) is 5.43. The van der Waals surface area contributed by atoms with Crippen LogP contribution >= 0.6 is 0 Å². The lowest BCUT2D eigenvalue weighted by atomic mass is 9.83. The summed E-state index contributed by atoms with van der Waals surface area (Å²) in [5.41, 5.74) is -0.625. The largest absolute Gasteiger partial charge is 0.480 e. The van der Waals surface area contributed by atoms with E-state index >= 15 is 0 Å². The molecule has 1 amide bonds. The summed E-state index contributed by atoms with van der Waals surface area (Å²) in [4.78, 5) is 23.1. The Bertz CT molecular complexity index is 353. The fourth-order valence-electron chi connectivity index (χ4n) is 2.21. The number of hydrogen-bond acceptors (Lipinski definition) is 2. The number of carboxylic acid groups (broad SMARTS) is 1. The molecule has 0 radical (unpaired) electrons. The predicted octanol–water partition coefficient (Wildman–Crippen LogP) is 2.43. The van der Waals surface area contributed by atoms with Crippen molar-refractivity contribution < 1.29 is 23.5 Å². The normalized spacial score (nSPS) is 21.7. The molecule has 0 heterocycles. The number of hydrogen-bond donors (Lipinski definition) is 2. The third-order valence-corrected chi connectivity index (χ3v) is 3.49. The SMILES string of the molecule is CC(C)(C)C(NC(=O)C1CCC(F)(F)CC1)C(=O)O. The molecule has 0 aromatic carbocycles. The van der Waals surface area contributed by atoms with Gasteiger partial charge in [0.25, 0.3) is 0 Å². The van der Waals surface area contributed by atoms with Gasteiger partial charge in [0.2, 0.25) is 11.8 Å². The van der Waals surface area contributed by atoms with Gasteiger partial charge in [-0.25, -0.2) is 13.6 Å². The molecular formula is C13H21F2NO3. The average molecular weight is 277 g/mol. The van der Waals surface area contributed by atoms with Crippen LogP contribution in [0.25, 0.3) is 0 Å².